The van der Waals surface area contributed by atoms with Crippen LogP contribution in [-0.2, 0) is 9.59 Å². The maximum absolute atomic E-state index is 13.1. The molecule has 0 bridgehead atoms. The molecule has 1 aliphatic carbocycles. The number of ketones is 1. The molecule has 1 aliphatic rings. The Balaban J connectivity index is 2.09. The van der Waals surface area contributed by atoms with Gasteiger partial charge >= 0.3 is 0 Å². The van der Waals surface area contributed by atoms with Crippen LogP contribution >= 0.6 is 0 Å². The number of halogens is 1. The summed E-state index contributed by atoms with van der Waals surface area (Å²) in [7, 11) is 0. The molecule has 1 unspecified atom stereocenters. The van der Waals surface area contributed by atoms with Crippen molar-refractivity contribution in [2.45, 2.75) is 38.1 Å². The van der Waals surface area contributed by atoms with Gasteiger partial charge in [-0.3, -0.25) is 19.7 Å². The van der Waals surface area contributed by atoms with Gasteiger partial charge in [0.15, 0.2) is 11.7 Å². The molecule has 1 aromatic carbocycles. The van der Waals surface area contributed by atoms with Crippen LogP contribution in [0.3, 0.4) is 0 Å². The van der Waals surface area contributed by atoms with Crippen molar-refractivity contribution >= 4 is 23.5 Å². The molecular weight excluding hydrogens is 341 g/mol. The standard InChI is InChI=1S/C18H18FN3O4/c19-13-8-6-12(16(10-13)22(25)26)7-9-17(23)15(11-20)18(24)21-14-4-2-1-3-5-14/h6-10,14-15H,1-5H2,(H,21,24). The van der Waals surface area contributed by atoms with Gasteiger partial charge in [0.1, 0.15) is 5.82 Å². The van der Waals surface area contributed by atoms with E-state index in [2.05, 4.69) is 5.32 Å². The first-order valence-corrected chi connectivity index (χ1v) is 8.28. The summed E-state index contributed by atoms with van der Waals surface area (Å²) in [6, 6.07) is 4.54. The summed E-state index contributed by atoms with van der Waals surface area (Å²) in [6.07, 6.45) is 6.76. The van der Waals surface area contributed by atoms with Gasteiger partial charge in [0, 0.05) is 6.04 Å². The predicted octanol–water partition coefficient (Wildman–Crippen LogP) is 2.90. The Hall–Kier alpha value is -3.08. The van der Waals surface area contributed by atoms with Crippen LogP contribution in [0.2, 0.25) is 0 Å². The van der Waals surface area contributed by atoms with E-state index in [-0.39, 0.29) is 11.6 Å². The van der Waals surface area contributed by atoms with Crippen LogP contribution in [0.4, 0.5) is 10.1 Å². The fourth-order valence-electron chi connectivity index (χ4n) is 2.87. The summed E-state index contributed by atoms with van der Waals surface area (Å²) in [5.74, 6) is -3.74. The van der Waals surface area contributed by atoms with Gasteiger partial charge in [0.05, 0.1) is 22.6 Å². The molecule has 1 fully saturated rings. The fraction of sp³-hybridized carbons (Fsp3) is 0.389. The molecule has 0 spiro atoms. The monoisotopic (exact) mass is 359 g/mol. The minimum Gasteiger partial charge on any atom is -0.352 e. The van der Waals surface area contributed by atoms with Gasteiger partial charge < -0.3 is 5.32 Å². The van der Waals surface area contributed by atoms with Gasteiger partial charge in [-0.2, -0.15) is 5.26 Å². The topological polar surface area (TPSA) is 113 Å². The van der Waals surface area contributed by atoms with Crippen molar-refractivity contribution in [2.75, 3.05) is 0 Å². The number of hydrogen-bond donors (Lipinski definition) is 1. The molecule has 1 N–H and O–H groups in total. The highest BCUT2D eigenvalue weighted by atomic mass is 19.1. The first-order valence-electron chi connectivity index (χ1n) is 8.28. The third-order valence-corrected chi connectivity index (χ3v) is 4.24. The summed E-state index contributed by atoms with van der Waals surface area (Å²) in [6.45, 7) is 0. The lowest BCUT2D eigenvalue weighted by atomic mass is 9.94. The number of nitro benzene ring substituents is 1. The van der Waals surface area contributed by atoms with E-state index in [1.165, 1.54) is 0 Å². The highest BCUT2D eigenvalue weighted by Gasteiger charge is 2.27. The second-order valence-corrected chi connectivity index (χ2v) is 6.10. The van der Waals surface area contributed by atoms with Gasteiger partial charge in [-0.05, 0) is 37.1 Å². The van der Waals surface area contributed by atoms with Gasteiger partial charge in [-0.25, -0.2) is 4.39 Å². The van der Waals surface area contributed by atoms with Gasteiger partial charge in [0.2, 0.25) is 5.91 Å². The van der Waals surface area contributed by atoms with E-state index >= 15 is 0 Å². The zero-order valence-corrected chi connectivity index (χ0v) is 14.0. The van der Waals surface area contributed by atoms with Crippen LogP contribution in [0.25, 0.3) is 6.08 Å². The number of carbonyl (C=O) groups excluding carboxylic acids is 2. The highest BCUT2D eigenvalue weighted by molar-refractivity contribution is 6.10. The third-order valence-electron chi connectivity index (χ3n) is 4.24. The number of nitriles is 1. The molecule has 136 valence electrons. The summed E-state index contributed by atoms with van der Waals surface area (Å²) < 4.78 is 13.1. The van der Waals surface area contributed by atoms with Crippen molar-refractivity contribution in [1.29, 1.82) is 5.26 Å². The molecule has 2 rings (SSSR count). The minimum absolute atomic E-state index is 0.00845. The van der Waals surface area contributed by atoms with Crippen LogP contribution in [0.5, 0.6) is 0 Å². The van der Waals surface area contributed by atoms with E-state index in [0.717, 1.165) is 62.5 Å². The van der Waals surface area contributed by atoms with Crippen molar-refractivity contribution in [3.8, 4) is 6.07 Å². The SMILES string of the molecule is N#CC(C(=O)C=Cc1ccc(F)cc1[N+](=O)[O-])C(=O)NC1CCCCC1. The predicted molar refractivity (Wildman–Crippen MR) is 91.2 cm³/mol. The first-order chi connectivity index (χ1) is 12.4. The van der Waals surface area contributed by atoms with Crippen LogP contribution in [0, 0.1) is 33.2 Å². The molecule has 0 saturated heterocycles. The van der Waals surface area contributed by atoms with Gasteiger partial charge in [0.25, 0.3) is 5.69 Å². The van der Waals surface area contributed by atoms with Gasteiger partial charge in [-0.15, -0.1) is 0 Å². The molecule has 8 heteroatoms. The zero-order chi connectivity index (χ0) is 19.1. The van der Waals surface area contributed by atoms with Gasteiger partial charge in [-0.1, -0.05) is 19.3 Å². The summed E-state index contributed by atoms with van der Waals surface area (Å²) in [5, 5.41) is 22.8. The van der Waals surface area contributed by atoms with E-state index in [4.69, 9.17) is 5.26 Å². The Morgan fingerprint density at radius 1 is 1.35 bits per heavy atom. The quantitative estimate of drug-likeness (QED) is 0.363. The molecule has 7 nitrogen and oxygen atoms in total. The van der Waals surface area contributed by atoms with E-state index < -0.39 is 34.0 Å². The summed E-state index contributed by atoms with van der Waals surface area (Å²) in [4.78, 5) is 34.5. The summed E-state index contributed by atoms with van der Waals surface area (Å²) in [5.41, 5.74) is -0.497. The molecule has 0 heterocycles. The molecular formula is C18H18FN3O4. The van der Waals surface area contributed by atoms with E-state index in [1.807, 2.05) is 0 Å². The molecule has 1 aromatic rings. The number of amides is 1. The van der Waals surface area contributed by atoms with Crippen molar-refractivity contribution in [1.82, 2.24) is 5.32 Å². The molecule has 0 aromatic heterocycles. The Morgan fingerprint density at radius 3 is 2.65 bits per heavy atom. The number of nitrogens with zero attached hydrogens (tertiary/aromatic N) is 2. The zero-order valence-electron chi connectivity index (χ0n) is 14.0. The van der Waals surface area contributed by atoms with Crippen LogP contribution in [-0.4, -0.2) is 22.7 Å². The van der Waals surface area contributed by atoms with Crippen LogP contribution in [0.15, 0.2) is 24.3 Å². The van der Waals surface area contributed by atoms with Crippen LogP contribution < -0.4 is 5.32 Å². The Kier molecular flexibility index (Phi) is 6.55. The number of rotatable bonds is 6. The van der Waals surface area contributed by atoms with Crippen LogP contribution in [0.1, 0.15) is 37.7 Å². The molecule has 0 aliphatic heterocycles. The third kappa shape index (κ3) is 4.96. The lowest BCUT2D eigenvalue weighted by molar-refractivity contribution is -0.385. The van der Waals surface area contributed by atoms with Crippen molar-refractivity contribution in [2.24, 2.45) is 5.92 Å². The van der Waals surface area contributed by atoms with Crippen molar-refractivity contribution in [3.05, 3.63) is 45.8 Å². The minimum atomic E-state index is -1.52. The molecule has 1 atom stereocenters. The fourth-order valence-corrected chi connectivity index (χ4v) is 2.87. The van der Waals surface area contributed by atoms with Crippen molar-refractivity contribution < 1.29 is 18.9 Å². The Labute approximate surface area is 149 Å². The molecule has 0 radical (unpaired) electrons. The second kappa shape index (κ2) is 8.85. The normalized spacial score (nSPS) is 16.0. The highest BCUT2D eigenvalue weighted by Crippen LogP contribution is 2.21. The number of nitro groups is 1. The lowest BCUT2D eigenvalue weighted by Gasteiger charge is -2.23. The number of nitrogens with one attached hydrogen (secondary N) is 1. The van der Waals surface area contributed by atoms with E-state index in [0.29, 0.717) is 0 Å². The average Bonchev–Trinajstić information content (AvgIpc) is 2.62. The summed E-state index contributed by atoms with van der Waals surface area (Å²) >= 11 is 0. The number of carbonyl (C=O) groups is 2. The number of allylic oxidation sites excluding steroid dienone is 1. The first kappa shape index (κ1) is 19.2. The molecule has 1 saturated carbocycles. The second-order valence-electron chi connectivity index (χ2n) is 6.10. The molecule has 1 amide bonds. The maximum atomic E-state index is 13.1. The van der Waals surface area contributed by atoms with E-state index in [9.17, 15) is 24.1 Å². The Bertz CT molecular complexity index is 779. The van der Waals surface area contributed by atoms with E-state index in [1.54, 1.807) is 6.07 Å². The van der Waals surface area contributed by atoms with Crippen molar-refractivity contribution in [3.63, 3.8) is 0 Å². The smallest absolute Gasteiger partial charge is 0.279 e. The molecule has 26 heavy (non-hydrogen) atoms. The number of hydrogen-bond acceptors (Lipinski definition) is 5. The number of benzene rings is 1. The lowest BCUT2D eigenvalue weighted by Crippen LogP contribution is -2.41. The largest absolute Gasteiger partial charge is 0.352 e. The average molecular weight is 359 g/mol. The maximum Gasteiger partial charge on any atom is 0.279 e. The Morgan fingerprint density at radius 2 is 2.04 bits per heavy atom.